The highest BCUT2D eigenvalue weighted by atomic mass is 32.1. The lowest BCUT2D eigenvalue weighted by molar-refractivity contribution is 0.0724. The highest BCUT2D eigenvalue weighted by Crippen LogP contribution is 2.26. The molecule has 0 radical (unpaired) electrons. The first-order valence-electron chi connectivity index (χ1n) is 8.30. The maximum absolute atomic E-state index is 12.6. The second kappa shape index (κ2) is 8.29. The van der Waals surface area contributed by atoms with Gasteiger partial charge in [-0.3, -0.25) is 0 Å². The lowest BCUT2D eigenvalue weighted by Gasteiger charge is -2.15. The molecule has 0 saturated heterocycles. The van der Waals surface area contributed by atoms with Crippen LogP contribution in [0.4, 0.5) is 0 Å². The van der Waals surface area contributed by atoms with Crippen molar-refractivity contribution in [2.45, 2.75) is 26.7 Å². The van der Waals surface area contributed by atoms with Gasteiger partial charge in [-0.1, -0.05) is 13.8 Å². The van der Waals surface area contributed by atoms with Crippen LogP contribution in [-0.2, 0) is 12.8 Å². The van der Waals surface area contributed by atoms with Crippen LogP contribution in [0.25, 0.3) is 0 Å². The van der Waals surface area contributed by atoms with Crippen molar-refractivity contribution in [3.8, 4) is 10.1 Å². The summed E-state index contributed by atoms with van der Waals surface area (Å²) in [5.41, 5.74) is 2.64. The average Bonchev–Trinajstić information content (AvgIpc) is 3.34. The molecule has 1 aromatic carbocycles. The lowest BCUT2D eigenvalue weighted by Crippen LogP contribution is -2.17. The Kier molecular flexibility index (Phi) is 5.85. The lowest BCUT2D eigenvalue weighted by atomic mass is 9.92. The Morgan fingerprint density at radius 2 is 1.19 bits per heavy atom. The van der Waals surface area contributed by atoms with Crippen LogP contribution in [0.1, 0.15) is 45.7 Å². The van der Waals surface area contributed by atoms with Crippen LogP contribution < -0.4 is 9.47 Å². The molecule has 0 atom stereocenters. The molecule has 134 valence electrons. The summed E-state index contributed by atoms with van der Waals surface area (Å²) < 4.78 is 10.9. The van der Waals surface area contributed by atoms with Gasteiger partial charge in [0.1, 0.15) is 0 Å². The summed E-state index contributed by atoms with van der Waals surface area (Å²) in [6.45, 7) is 3.93. The molecule has 0 N–H and O–H groups in total. The van der Waals surface area contributed by atoms with Crippen LogP contribution >= 0.6 is 22.7 Å². The van der Waals surface area contributed by atoms with Crippen molar-refractivity contribution in [3.63, 3.8) is 0 Å². The molecule has 0 bridgehead atoms. The van der Waals surface area contributed by atoms with Crippen LogP contribution in [0.3, 0.4) is 0 Å². The third kappa shape index (κ3) is 3.86. The number of thiophene rings is 2. The minimum atomic E-state index is -0.405. The molecule has 0 saturated carbocycles. The molecule has 0 fully saturated rings. The second-order valence-corrected chi connectivity index (χ2v) is 7.29. The van der Waals surface area contributed by atoms with E-state index >= 15 is 0 Å². The number of rotatable bonds is 6. The monoisotopic (exact) mass is 386 g/mol. The van der Waals surface area contributed by atoms with Crippen molar-refractivity contribution < 1.29 is 19.1 Å². The maximum Gasteiger partial charge on any atom is 0.344 e. The Hall–Kier alpha value is -2.44. The molecule has 0 unspecified atom stereocenters. The van der Waals surface area contributed by atoms with Gasteiger partial charge in [0.05, 0.1) is 11.1 Å². The minimum Gasteiger partial charge on any atom is -0.412 e. The van der Waals surface area contributed by atoms with E-state index in [1.54, 1.807) is 24.3 Å². The fraction of sp³-hybridized carbons (Fsp3) is 0.200. The van der Waals surface area contributed by atoms with E-state index in [-0.39, 0.29) is 0 Å². The van der Waals surface area contributed by atoms with Crippen LogP contribution in [0.2, 0.25) is 0 Å². The molecule has 0 aliphatic heterocycles. The summed E-state index contributed by atoms with van der Waals surface area (Å²) in [4.78, 5) is 25.1. The number of hydrogen-bond donors (Lipinski definition) is 0. The van der Waals surface area contributed by atoms with Gasteiger partial charge >= 0.3 is 11.9 Å². The first kappa shape index (κ1) is 18.4. The molecular weight excluding hydrogens is 368 g/mol. The number of carbonyl (C=O) groups excluding carboxylic acids is 2. The zero-order chi connectivity index (χ0) is 18.5. The van der Waals surface area contributed by atoms with Crippen molar-refractivity contribution in [1.29, 1.82) is 0 Å². The first-order chi connectivity index (χ1) is 12.6. The first-order valence-corrected chi connectivity index (χ1v) is 10.1. The predicted molar refractivity (Wildman–Crippen MR) is 104 cm³/mol. The second-order valence-electron chi connectivity index (χ2n) is 5.47. The van der Waals surface area contributed by atoms with E-state index in [1.807, 2.05) is 36.7 Å². The fourth-order valence-corrected chi connectivity index (χ4v) is 3.96. The zero-order valence-electron chi connectivity index (χ0n) is 14.5. The van der Waals surface area contributed by atoms with Gasteiger partial charge in [-0.05, 0) is 71.1 Å². The quantitative estimate of drug-likeness (QED) is 0.534. The van der Waals surface area contributed by atoms with E-state index in [1.165, 1.54) is 22.7 Å². The molecule has 0 amide bonds. The van der Waals surface area contributed by atoms with E-state index in [0.29, 0.717) is 34.1 Å². The molecule has 3 rings (SSSR count). The number of carbonyl (C=O) groups is 2. The van der Waals surface area contributed by atoms with Crippen LogP contribution in [0, 0.1) is 0 Å². The third-order valence-electron chi connectivity index (χ3n) is 3.95. The van der Waals surface area contributed by atoms with Crippen molar-refractivity contribution in [2.24, 2.45) is 0 Å². The van der Waals surface area contributed by atoms with E-state index in [0.717, 1.165) is 11.1 Å². The maximum atomic E-state index is 12.6. The van der Waals surface area contributed by atoms with E-state index in [4.69, 9.17) is 9.47 Å². The molecular formula is C20H18O4S2. The summed E-state index contributed by atoms with van der Waals surface area (Å²) >= 11 is 2.73. The van der Waals surface area contributed by atoms with Crippen molar-refractivity contribution >= 4 is 34.6 Å². The topological polar surface area (TPSA) is 52.6 Å². The molecule has 2 heterocycles. The molecule has 26 heavy (non-hydrogen) atoms. The molecule has 2 aromatic heterocycles. The van der Waals surface area contributed by atoms with Crippen molar-refractivity contribution in [2.75, 3.05) is 0 Å². The van der Waals surface area contributed by atoms with E-state index < -0.39 is 11.9 Å². The molecule has 4 nitrogen and oxygen atoms in total. The van der Waals surface area contributed by atoms with Crippen LogP contribution in [0.5, 0.6) is 10.1 Å². The Morgan fingerprint density at radius 1 is 0.769 bits per heavy atom. The zero-order valence-corrected chi connectivity index (χ0v) is 16.1. The van der Waals surface area contributed by atoms with Crippen molar-refractivity contribution in [1.82, 2.24) is 0 Å². The normalized spacial score (nSPS) is 10.5. The number of ether oxygens (including phenoxy) is 2. The molecule has 3 aromatic rings. The minimum absolute atomic E-state index is 0.405. The fourth-order valence-electron chi connectivity index (χ4n) is 2.82. The van der Waals surface area contributed by atoms with Gasteiger partial charge in [-0.25, -0.2) is 9.59 Å². The molecule has 0 aliphatic rings. The van der Waals surface area contributed by atoms with Gasteiger partial charge < -0.3 is 9.47 Å². The average molecular weight is 386 g/mol. The largest absolute Gasteiger partial charge is 0.412 e. The van der Waals surface area contributed by atoms with Gasteiger partial charge in [0, 0.05) is 0 Å². The molecule has 0 spiro atoms. The van der Waals surface area contributed by atoms with Gasteiger partial charge in [0.2, 0.25) is 0 Å². The Morgan fingerprint density at radius 3 is 1.50 bits per heavy atom. The Bertz CT molecular complexity index is 821. The smallest absolute Gasteiger partial charge is 0.344 e. The molecule has 0 aliphatic carbocycles. The van der Waals surface area contributed by atoms with Crippen LogP contribution in [0.15, 0.2) is 47.2 Å². The SMILES string of the molecule is CCc1c(C(=O)Oc2cccs2)ccc(C(=O)Oc2cccs2)c1CC. The van der Waals surface area contributed by atoms with Gasteiger partial charge in [0.25, 0.3) is 0 Å². The predicted octanol–water partition coefficient (Wildman–Crippen LogP) is 5.37. The summed E-state index contributed by atoms with van der Waals surface area (Å²) in [5.74, 6) is -0.811. The Balaban J connectivity index is 1.93. The number of benzene rings is 1. The Labute approximate surface area is 160 Å². The summed E-state index contributed by atoms with van der Waals surface area (Å²) in [7, 11) is 0. The standard InChI is InChI=1S/C20H18O4S2/c1-3-13-14(4-2)16(20(22)24-18-8-6-12-26-18)10-9-15(13)19(21)23-17-7-5-11-25-17/h5-12H,3-4H2,1-2H3. The van der Waals surface area contributed by atoms with Crippen LogP contribution in [-0.4, -0.2) is 11.9 Å². The van der Waals surface area contributed by atoms with E-state index in [9.17, 15) is 9.59 Å². The van der Waals surface area contributed by atoms with Crippen molar-refractivity contribution in [3.05, 3.63) is 69.4 Å². The number of hydrogen-bond acceptors (Lipinski definition) is 6. The van der Waals surface area contributed by atoms with Gasteiger partial charge in [-0.15, -0.1) is 22.7 Å². The van der Waals surface area contributed by atoms with E-state index in [2.05, 4.69) is 0 Å². The highest BCUT2D eigenvalue weighted by molar-refractivity contribution is 7.12. The van der Waals surface area contributed by atoms with Gasteiger partial charge in [0.15, 0.2) is 10.1 Å². The number of esters is 2. The highest BCUT2D eigenvalue weighted by Gasteiger charge is 2.22. The third-order valence-corrected chi connectivity index (χ3v) is 5.44. The summed E-state index contributed by atoms with van der Waals surface area (Å²) in [6.07, 6.45) is 1.25. The summed E-state index contributed by atoms with van der Waals surface area (Å²) in [6, 6.07) is 10.5. The molecule has 6 heteroatoms. The summed E-state index contributed by atoms with van der Waals surface area (Å²) in [5, 5.41) is 4.81. The van der Waals surface area contributed by atoms with Gasteiger partial charge in [-0.2, -0.15) is 0 Å².